The summed E-state index contributed by atoms with van der Waals surface area (Å²) in [7, 11) is 0. The molecule has 2 N–H and O–H groups in total. The summed E-state index contributed by atoms with van der Waals surface area (Å²) in [6, 6.07) is 4.70. The van der Waals surface area contributed by atoms with Crippen LogP contribution in [0, 0.1) is 30.9 Å². The van der Waals surface area contributed by atoms with Gasteiger partial charge in [0.05, 0.1) is 11.0 Å². The highest BCUT2D eigenvalue weighted by molar-refractivity contribution is 5.50. The maximum absolute atomic E-state index is 11.0. The third-order valence-electron chi connectivity index (χ3n) is 2.75. The van der Waals surface area contributed by atoms with Gasteiger partial charge in [0.15, 0.2) is 0 Å². The Morgan fingerprint density at radius 2 is 1.85 bits per heavy atom. The molecule has 1 aromatic heterocycles. The standard InChI is InChI=1S/C13H14N4O3/c1-7-4-8(2)11(6-10(7)17(18)19)20-12-5-9(3)15-13(14)16-12/h4-6H,1-3H3,(H2,14,15,16). The lowest BCUT2D eigenvalue weighted by Crippen LogP contribution is -2.00. The molecule has 1 aromatic carbocycles. The van der Waals surface area contributed by atoms with Crippen LogP contribution in [-0.2, 0) is 0 Å². The Balaban J connectivity index is 2.42. The number of ether oxygens (including phenoxy) is 1. The fourth-order valence-corrected chi connectivity index (χ4v) is 1.86. The zero-order valence-corrected chi connectivity index (χ0v) is 11.4. The van der Waals surface area contributed by atoms with Crippen molar-refractivity contribution in [3.05, 3.63) is 45.1 Å². The summed E-state index contributed by atoms with van der Waals surface area (Å²) in [4.78, 5) is 18.4. The highest BCUT2D eigenvalue weighted by atomic mass is 16.6. The first-order valence-electron chi connectivity index (χ1n) is 5.91. The molecule has 0 unspecified atom stereocenters. The third-order valence-corrected chi connectivity index (χ3v) is 2.75. The van der Waals surface area contributed by atoms with Crippen molar-refractivity contribution >= 4 is 11.6 Å². The fraction of sp³-hybridized carbons (Fsp3) is 0.231. The molecular weight excluding hydrogens is 260 g/mol. The monoisotopic (exact) mass is 274 g/mol. The molecule has 2 rings (SSSR count). The molecule has 7 nitrogen and oxygen atoms in total. The number of nitro benzene ring substituents is 1. The number of nitrogens with two attached hydrogens (primary N) is 1. The Hall–Kier alpha value is -2.70. The molecule has 0 fully saturated rings. The largest absolute Gasteiger partial charge is 0.438 e. The molecule has 104 valence electrons. The van der Waals surface area contributed by atoms with Crippen LogP contribution >= 0.6 is 0 Å². The lowest BCUT2D eigenvalue weighted by Gasteiger charge is -2.09. The second-order valence-corrected chi connectivity index (χ2v) is 4.47. The summed E-state index contributed by atoms with van der Waals surface area (Å²) in [5, 5.41) is 11.0. The van der Waals surface area contributed by atoms with Gasteiger partial charge in [0, 0.05) is 17.3 Å². The minimum Gasteiger partial charge on any atom is -0.438 e. The van der Waals surface area contributed by atoms with Gasteiger partial charge in [-0.2, -0.15) is 4.98 Å². The van der Waals surface area contributed by atoms with Gasteiger partial charge in [0.2, 0.25) is 11.8 Å². The van der Waals surface area contributed by atoms with Gasteiger partial charge in [-0.1, -0.05) is 0 Å². The third kappa shape index (κ3) is 2.82. The SMILES string of the molecule is Cc1cc(Oc2cc([N+](=O)[O-])c(C)cc2C)nc(N)n1. The number of rotatable bonds is 3. The molecule has 0 spiro atoms. The van der Waals surface area contributed by atoms with Crippen LogP contribution in [-0.4, -0.2) is 14.9 Å². The fourth-order valence-electron chi connectivity index (χ4n) is 1.86. The number of nitro groups is 1. The zero-order valence-electron chi connectivity index (χ0n) is 11.4. The smallest absolute Gasteiger partial charge is 0.276 e. The van der Waals surface area contributed by atoms with Crippen LogP contribution in [0.3, 0.4) is 0 Å². The van der Waals surface area contributed by atoms with Crippen molar-refractivity contribution in [2.45, 2.75) is 20.8 Å². The molecule has 0 radical (unpaired) electrons. The van der Waals surface area contributed by atoms with Gasteiger partial charge in [0.1, 0.15) is 5.75 Å². The van der Waals surface area contributed by atoms with E-state index in [1.165, 1.54) is 6.07 Å². The first kappa shape index (κ1) is 13.7. The van der Waals surface area contributed by atoms with Gasteiger partial charge < -0.3 is 10.5 Å². The van der Waals surface area contributed by atoms with Gasteiger partial charge >= 0.3 is 0 Å². The number of aryl methyl sites for hydroxylation is 3. The van der Waals surface area contributed by atoms with Crippen LogP contribution in [0.4, 0.5) is 11.6 Å². The minimum absolute atomic E-state index is 0.00403. The van der Waals surface area contributed by atoms with Crippen LogP contribution in [0.5, 0.6) is 11.6 Å². The Bertz CT molecular complexity index is 665. The van der Waals surface area contributed by atoms with E-state index in [9.17, 15) is 10.1 Å². The van der Waals surface area contributed by atoms with E-state index in [1.807, 2.05) is 6.92 Å². The van der Waals surface area contributed by atoms with Crippen LogP contribution in [0.15, 0.2) is 18.2 Å². The van der Waals surface area contributed by atoms with Crippen LogP contribution in [0.25, 0.3) is 0 Å². The van der Waals surface area contributed by atoms with Crippen molar-refractivity contribution in [1.82, 2.24) is 9.97 Å². The molecular formula is C13H14N4O3. The van der Waals surface area contributed by atoms with Crippen LogP contribution in [0.1, 0.15) is 16.8 Å². The average Bonchev–Trinajstić information content (AvgIpc) is 2.30. The summed E-state index contributed by atoms with van der Waals surface area (Å²) in [6.07, 6.45) is 0. The molecule has 0 amide bonds. The molecule has 1 heterocycles. The topological polar surface area (TPSA) is 104 Å². The maximum Gasteiger partial charge on any atom is 0.276 e. The van der Waals surface area contributed by atoms with Crippen molar-refractivity contribution in [1.29, 1.82) is 0 Å². The zero-order chi connectivity index (χ0) is 14.9. The predicted molar refractivity (Wildman–Crippen MR) is 73.8 cm³/mol. The Morgan fingerprint density at radius 3 is 2.45 bits per heavy atom. The number of benzene rings is 1. The predicted octanol–water partition coefficient (Wildman–Crippen LogP) is 2.68. The van der Waals surface area contributed by atoms with Crippen LogP contribution in [0.2, 0.25) is 0 Å². The highest BCUT2D eigenvalue weighted by Gasteiger charge is 2.15. The number of hydrogen-bond acceptors (Lipinski definition) is 6. The molecule has 2 aromatic rings. The molecule has 0 atom stereocenters. The van der Waals surface area contributed by atoms with Crippen molar-refractivity contribution in [2.75, 3.05) is 5.73 Å². The van der Waals surface area contributed by atoms with Gasteiger partial charge in [-0.15, -0.1) is 0 Å². The first-order chi connectivity index (χ1) is 9.36. The van der Waals surface area contributed by atoms with E-state index in [0.29, 0.717) is 17.0 Å². The molecule has 7 heteroatoms. The molecule has 0 bridgehead atoms. The van der Waals surface area contributed by atoms with E-state index < -0.39 is 4.92 Å². The normalized spacial score (nSPS) is 10.3. The van der Waals surface area contributed by atoms with E-state index in [0.717, 1.165) is 5.56 Å². The first-order valence-corrected chi connectivity index (χ1v) is 5.91. The molecule has 0 aliphatic carbocycles. The van der Waals surface area contributed by atoms with E-state index in [1.54, 1.807) is 26.0 Å². The molecule has 20 heavy (non-hydrogen) atoms. The van der Waals surface area contributed by atoms with Gasteiger partial charge in [-0.3, -0.25) is 10.1 Å². The molecule has 0 saturated carbocycles. The van der Waals surface area contributed by atoms with Crippen molar-refractivity contribution < 1.29 is 9.66 Å². The van der Waals surface area contributed by atoms with Crippen molar-refractivity contribution in [3.63, 3.8) is 0 Å². The number of nitrogen functional groups attached to an aromatic ring is 1. The number of anilines is 1. The van der Waals surface area contributed by atoms with E-state index in [2.05, 4.69) is 9.97 Å². The lowest BCUT2D eigenvalue weighted by molar-refractivity contribution is -0.385. The molecule has 0 aliphatic rings. The average molecular weight is 274 g/mol. The minimum atomic E-state index is -0.443. The quantitative estimate of drug-likeness (QED) is 0.681. The summed E-state index contributed by atoms with van der Waals surface area (Å²) in [5.74, 6) is 0.732. The number of hydrogen-bond donors (Lipinski definition) is 1. The summed E-state index contributed by atoms with van der Waals surface area (Å²) in [6.45, 7) is 5.25. The van der Waals surface area contributed by atoms with Crippen molar-refractivity contribution in [2.24, 2.45) is 0 Å². The van der Waals surface area contributed by atoms with E-state index >= 15 is 0 Å². The van der Waals surface area contributed by atoms with Gasteiger partial charge in [-0.05, 0) is 32.4 Å². The summed E-state index contributed by atoms with van der Waals surface area (Å²) in [5.41, 5.74) is 7.57. The van der Waals surface area contributed by atoms with Gasteiger partial charge in [0.25, 0.3) is 5.69 Å². The van der Waals surface area contributed by atoms with E-state index in [-0.39, 0.29) is 17.5 Å². The lowest BCUT2D eigenvalue weighted by atomic mass is 10.1. The highest BCUT2D eigenvalue weighted by Crippen LogP contribution is 2.31. The van der Waals surface area contributed by atoms with E-state index in [4.69, 9.17) is 10.5 Å². The second-order valence-electron chi connectivity index (χ2n) is 4.47. The number of aromatic nitrogens is 2. The summed E-state index contributed by atoms with van der Waals surface area (Å²) >= 11 is 0. The Kier molecular flexibility index (Phi) is 3.51. The number of nitrogens with zero attached hydrogens (tertiary/aromatic N) is 3. The summed E-state index contributed by atoms with van der Waals surface area (Å²) < 4.78 is 5.58. The Labute approximate surface area is 115 Å². The molecule has 0 aliphatic heterocycles. The molecule has 0 saturated heterocycles. The van der Waals surface area contributed by atoms with Gasteiger partial charge in [-0.25, -0.2) is 4.98 Å². The Morgan fingerprint density at radius 1 is 1.15 bits per heavy atom. The second kappa shape index (κ2) is 5.12. The van der Waals surface area contributed by atoms with Crippen molar-refractivity contribution in [3.8, 4) is 11.6 Å². The van der Waals surface area contributed by atoms with Crippen LogP contribution < -0.4 is 10.5 Å². The maximum atomic E-state index is 11.0.